The normalized spacial score (nSPS) is 11.2. The van der Waals surface area contributed by atoms with Gasteiger partial charge in [0.15, 0.2) is 0 Å². The third-order valence-electron chi connectivity index (χ3n) is 2.74. The van der Waals surface area contributed by atoms with Gasteiger partial charge in [-0.1, -0.05) is 25.4 Å². The van der Waals surface area contributed by atoms with Crippen LogP contribution in [0.5, 0.6) is 0 Å². The number of H-pyrrole nitrogens is 1. The van der Waals surface area contributed by atoms with E-state index >= 15 is 0 Å². The molecule has 0 aliphatic heterocycles. The summed E-state index contributed by atoms with van der Waals surface area (Å²) in [5, 5.41) is 1.74. The van der Waals surface area contributed by atoms with Crippen LogP contribution in [0.25, 0.3) is 10.9 Å². The lowest BCUT2D eigenvalue weighted by Gasteiger charge is -2.02. The number of halogens is 1. The smallest absolute Gasteiger partial charge is 0.139 e. The molecule has 16 heavy (non-hydrogen) atoms. The number of ketones is 1. The number of benzene rings is 1. The first-order valence-corrected chi connectivity index (χ1v) is 5.74. The lowest BCUT2D eigenvalue weighted by Crippen LogP contribution is -2.09. The minimum atomic E-state index is 0.0733. The Kier molecular flexibility index (Phi) is 3.01. The average Bonchev–Trinajstić information content (AvgIpc) is 2.61. The van der Waals surface area contributed by atoms with Crippen LogP contribution in [0.4, 0.5) is 0 Å². The Balaban J connectivity index is 2.38. The Hall–Kier alpha value is -1.28. The summed E-state index contributed by atoms with van der Waals surface area (Å²) in [6.07, 6.45) is 2.36. The summed E-state index contributed by atoms with van der Waals surface area (Å²) in [6.45, 7) is 3.84. The first kappa shape index (κ1) is 11.2. The molecule has 0 bridgehead atoms. The standard InChI is InChI=1S/C13H14ClNO/c1-8(2)13(16)5-9-7-15-12-4-3-10(14)6-11(9)12/h3-4,6-8,15H,5H2,1-2H3. The summed E-state index contributed by atoms with van der Waals surface area (Å²) in [6, 6.07) is 5.67. The Bertz CT molecular complexity index is 528. The number of carbonyl (C=O) groups is 1. The third kappa shape index (κ3) is 2.12. The molecule has 1 aromatic carbocycles. The molecule has 0 aliphatic rings. The second-order valence-corrected chi connectivity index (χ2v) is 4.74. The van der Waals surface area contributed by atoms with Crippen LogP contribution >= 0.6 is 11.6 Å². The second kappa shape index (κ2) is 4.30. The van der Waals surface area contributed by atoms with Crippen LogP contribution in [-0.4, -0.2) is 10.8 Å². The van der Waals surface area contributed by atoms with Crippen molar-refractivity contribution in [3.8, 4) is 0 Å². The van der Waals surface area contributed by atoms with Gasteiger partial charge in [-0.15, -0.1) is 0 Å². The number of aromatic amines is 1. The molecular weight excluding hydrogens is 222 g/mol. The van der Waals surface area contributed by atoms with Crippen molar-refractivity contribution in [1.82, 2.24) is 4.98 Å². The van der Waals surface area contributed by atoms with E-state index in [0.29, 0.717) is 11.4 Å². The molecule has 3 heteroatoms. The fourth-order valence-corrected chi connectivity index (χ4v) is 1.86. The average molecular weight is 236 g/mol. The van der Waals surface area contributed by atoms with Crippen molar-refractivity contribution in [3.05, 3.63) is 35.0 Å². The van der Waals surface area contributed by atoms with E-state index in [1.54, 1.807) is 0 Å². The number of carbonyl (C=O) groups excluding carboxylic acids is 1. The SMILES string of the molecule is CC(C)C(=O)Cc1c[nH]c2ccc(Cl)cc12. The van der Waals surface area contributed by atoms with Gasteiger partial charge in [0.05, 0.1) is 0 Å². The van der Waals surface area contributed by atoms with Crippen molar-refractivity contribution in [2.75, 3.05) is 0 Å². The predicted octanol–water partition coefficient (Wildman–Crippen LogP) is 3.59. The summed E-state index contributed by atoms with van der Waals surface area (Å²) >= 11 is 5.95. The third-order valence-corrected chi connectivity index (χ3v) is 2.97. The highest BCUT2D eigenvalue weighted by Crippen LogP contribution is 2.23. The van der Waals surface area contributed by atoms with Gasteiger partial charge in [0.25, 0.3) is 0 Å². The zero-order valence-corrected chi connectivity index (χ0v) is 10.1. The van der Waals surface area contributed by atoms with Crippen molar-refractivity contribution in [1.29, 1.82) is 0 Å². The Morgan fingerprint density at radius 3 is 2.88 bits per heavy atom. The van der Waals surface area contributed by atoms with E-state index in [0.717, 1.165) is 16.5 Å². The monoisotopic (exact) mass is 235 g/mol. The molecule has 2 rings (SSSR count). The maximum absolute atomic E-state index is 11.7. The highest BCUT2D eigenvalue weighted by atomic mass is 35.5. The van der Waals surface area contributed by atoms with E-state index < -0.39 is 0 Å². The van der Waals surface area contributed by atoms with Crippen LogP contribution in [0, 0.1) is 5.92 Å². The Morgan fingerprint density at radius 2 is 2.19 bits per heavy atom. The van der Waals surface area contributed by atoms with Gasteiger partial charge in [0.1, 0.15) is 5.78 Å². The van der Waals surface area contributed by atoms with Gasteiger partial charge >= 0.3 is 0 Å². The topological polar surface area (TPSA) is 32.9 Å². The molecule has 0 amide bonds. The molecule has 2 aromatic rings. The molecule has 0 saturated heterocycles. The summed E-state index contributed by atoms with van der Waals surface area (Å²) in [4.78, 5) is 14.8. The minimum absolute atomic E-state index is 0.0733. The molecule has 0 fully saturated rings. The summed E-state index contributed by atoms with van der Waals surface area (Å²) in [7, 11) is 0. The van der Waals surface area contributed by atoms with Gasteiger partial charge in [-0.3, -0.25) is 4.79 Å². The Labute approximate surface area is 99.6 Å². The number of hydrogen-bond donors (Lipinski definition) is 1. The largest absolute Gasteiger partial charge is 0.361 e. The summed E-state index contributed by atoms with van der Waals surface area (Å²) in [5.74, 6) is 0.324. The molecule has 1 heterocycles. The molecule has 1 N–H and O–H groups in total. The number of rotatable bonds is 3. The molecule has 1 aromatic heterocycles. The zero-order valence-electron chi connectivity index (χ0n) is 9.38. The quantitative estimate of drug-likeness (QED) is 0.867. The number of Topliss-reactive ketones (excluding diaryl/α,β-unsaturated/α-hetero) is 1. The lowest BCUT2D eigenvalue weighted by molar-refractivity contribution is -0.121. The fourth-order valence-electron chi connectivity index (χ4n) is 1.69. The van der Waals surface area contributed by atoms with Crippen molar-refractivity contribution < 1.29 is 4.79 Å². The van der Waals surface area contributed by atoms with Crippen molar-refractivity contribution in [2.45, 2.75) is 20.3 Å². The molecule has 0 unspecified atom stereocenters. The highest BCUT2D eigenvalue weighted by Gasteiger charge is 2.11. The van der Waals surface area contributed by atoms with E-state index in [9.17, 15) is 4.79 Å². The van der Waals surface area contributed by atoms with Crippen LogP contribution < -0.4 is 0 Å². The van der Waals surface area contributed by atoms with Crippen LogP contribution in [0.2, 0.25) is 5.02 Å². The van der Waals surface area contributed by atoms with Gasteiger partial charge in [-0.05, 0) is 23.8 Å². The molecule has 0 aliphatic carbocycles. The number of nitrogens with one attached hydrogen (secondary N) is 1. The van der Waals surface area contributed by atoms with Gasteiger partial charge in [-0.25, -0.2) is 0 Å². The summed E-state index contributed by atoms with van der Waals surface area (Å²) < 4.78 is 0. The number of aromatic nitrogens is 1. The Morgan fingerprint density at radius 1 is 1.44 bits per heavy atom. The first-order valence-electron chi connectivity index (χ1n) is 5.36. The maximum Gasteiger partial charge on any atom is 0.139 e. The van der Waals surface area contributed by atoms with Crippen LogP contribution in [0.3, 0.4) is 0 Å². The molecule has 84 valence electrons. The molecule has 2 nitrogen and oxygen atoms in total. The lowest BCUT2D eigenvalue weighted by atomic mass is 10.0. The zero-order chi connectivity index (χ0) is 11.7. The van der Waals surface area contributed by atoms with E-state index in [2.05, 4.69) is 4.98 Å². The van der Waals surface area contributed by atoms with E-state index in [4.69, 9.17) is 11.6 Å². The van der Waals surface area contributed by atoms with Crippen molar-refractivity contribution in [2.24, 2.45) is 5.92 Å². The van der Waals surface area contributed by atoms with Crippen LogP contribution in [0.15, 0.2) is 24.4 Å². The van der Waals surface area contributed by atoms with E-state index in [1.165, 1.54) is 0 Å². The fraction of sp³-hybridized carbons (Fsp3) is 0.308. The van der Waals surface area contributed by atoms with E-state index in [1.807, 2.05) is 38.2 Å². The number of fused-ring (bicyclic) bond motifs is 1. The predicted molar refractivity (Wildman–Crippen MR) is 66.9 cm³/mol. The molecule has 0 spiro atoms. The second-order valence-electron chi connectivity index (χ2n) is 4.30. The van der Waals surface area contributed by atoms with Crippen molar-refractivity contribution in [3.63, 3.8) is 0 Å². The number of hydrogen-bond acceptors (Lipinski definition) is 1. The maximum atomic E-state index is 11.7. The van der Waals surface area contributed by atoms with Crippen molar-refractivity contribution >= 4 is 28.3 Å². The minimum Gasteiger partial charge on any atom is -0.361 e. The summed E-state index contributed by atoms with van der Waals surface area (Å²) in [5.41, 5.74) is 2.05. The molecule has 0 atom stereocenters. The van der Waals surface area contributed by atoms with Gasteiger partial charge in [-0.2, -0.15) is 0 Å². The molecule has 0 radical (unpaired) electrons. The first-order chi connectivity index (χ1) is 7.58. The molecule has 0 saturated carbocycles. The van der Waals surface area contributed by atoms with Crippen LogP contribution in [-0.2, 0) is 11.2 Å². The highest BCUT2D eigenvalue weighted by molar-refractivity contribution is 6.31. The van der Waals surface area contributed by atoms with E-state index in [-0.39, 0.29) is 11.7 Å². The molecular formula is C13H14ClNO. The van der Waals surface area contributed by atoms with Gasteiger partial charge in [0.2, 0.25) is 0 Å². The van der Waals surface area contributed by atoms with Gasteiger partial charge < -0.3 is 4.98 Å². The van der Waals surface area contributed by atoms with Gasteiger partial charge in [0, 0.05) is 34.5 Å². The van der Waals surface area contributed by atoms with Crippen LogP contribution in [0.1, 0.15) is 19.4 Å².